The van der Waals surface area contributed by atoms with Crippen molar-refractivity contribution in [3.63, 3.8) is 0 Å². The van der Waals surface area contributed by atoms with Crippen LogP contribution >= 0.6 is 0 Å². The molecule has 6 heteroatoms. The maximum Gasteiger partial charge on any atom is 0.305 e. The van der Waals surface area contributed by atoms with E-state index in [-0.39, 0.29) is 18.5 Å². The summed E-state index contributed by atoms with van der Waals surface area (Å²) in [7, 11) is 0. The molecule has 6 nitrogen and oxygen atoms in total. The van der Waals surface area contributed by atoms with E-state index < -0.39 is 12.1 Å². The van der Waals surface area contributed by atoms with Gasteiger partial charge in [-0.25, -0.2) is 0 Å². The topological polar surface area (TPSA) is 95.9 Å². The quantitative estimate of drug-likeness (QED) is 0.0320. The number of amides is 1. The smallest absolute Gasteiger partial charge is 0.305 e. The van der Waals surface area contributed by atoms with Gasteiger partial charge in [-0.1, -0.05) is 326 Å². The van der Waals surface area contributed by atoms with E-state index in [9.17, 15) is 19.8 Å². The Morgan fingerprint density at radius 2 is 0.667 bits per heavy atom. The first-order valence-electron chi connectivity index (χ1n) is 33.8. The second-order valence-corrected chi connectivity index (χ2v) is 23.2. The average Bonchev–Trinajstić information content (AvgIpc) is 3.41. The van der Waals surface area contributed by atoms with Crippen LogP contribution in [0.5, 0.6) is 0 Å². The Bertz CT molecular complexity index is 1210. The van der Waals surface area contributed by atoms with E-state index in [1.807, 2.05) is 6.08 Å². The van der Waals surface area contributed by atoms with Gasteiger partial charge in [-0.2, -0.15) is 0 Å². The molecule has 0 saturated heterocycles. The van der Waals surface area contributed by atoms with Gasteiger partial charge in [0, 0.05) is 12.8 Å². The monoisotopic (exact) mass is 1050 g/mol. The summed E-state index contributed by atoms with van der Waals surface area (Å²) in [4.78, 5) is 24.6. The summed E-state index contributed by atoms with van der Waals surface area (Å²) in [5, 5.41) is 23.2. The lowest BCUT2D eigenvalue weighted by Crippen LogP contribution is -2.45. The Kier molecular flexibility index (Phi) is 63.0. The lowest BCUT2D eigenvalue weighted by atomic mass is 10.0. The summed E-state index contributed by atoms with van der Waals surface area (Å²) in [5.41, 5.74) is 0. The van der Waals surface area contributed by atoms with Crippen LogP contribution in [0, 0.1) is 0 Å². The van der Waals surface area contributed by atoms with Gasteiger partial charge in [-0.15, -0.1) is 0 Å². The standard InChI is InChI=1S/C69H131NO5/c1-3-5-7-9-11-13-15-17-19-30-34-37-41-45-49-53-57-61-67(72)66(65-71)70-68(73)62-58-54-50-46-42-38-35-31-28-26-24-22-20-21-23-25-27-29-32-36-40-44-48-52-56-60-64-75-69(74)63-59-55-51-47-43-39-33-18-16-14-12-10-8-6-4-2/h12,14,18,33,57,61,66-67,71-72H,3-11,13,15-17,19-32,34-56,58-60,62-65H2,1-2H3,(H,70,73)/b14-12-,33-18-,61-57+. The normalized spacial score (nSPS) is 12.7. The first-order valence-corrected chi connectivity index (χ1v) is 33.8. The Hall–Kier alpha value is -1.92. The molecule has 0 aliphatic carbocycles. The highest BCUT2D eigenvalue weighted by molar-refractivity contribution is 5.76. The molecule has 0 aromatic rings. The molecule has 442 valence electrons. The number of unbranched alkanes of at least 4 members (excludes halogenated alkanes) is 48. The molecule has 0 bridgehead atoms. The highest BCUT2D eigenvalue weighted by Gasteiger charge is 2.18. The lowest BCUT2D eigenvalue weighted by Gasteiger charge is -2.20. The fraction of sp³-hybridized carbons (Fsp3) is 0.884. The molecule has 3 N–H and O–H groups in total. The van der Waals surface area contributed by atoms with Crippen molar-refractivity contribution in [2.45, 2.75) is 379 Å². The van der Waals surface area contributed by atoms with Gasteiger partial charge in [0.25, 0.3) is 0 Å². The minimum atomic E-state index is -0.843. The summed E-state index contributed by atoms with van der Waals surface area (Å²) in [6, 6.07) is -0.627. The van der Waals surface area contributed by atoms with E-state index in [0.29, 0.717) is 19.4 Å². The van der Waals surface area contributed by atoms with Crippen LogP contribution < -0.4 is 5.32 Å². The van der Waals surface area contributed by atoms with Gasteiger partial charge in [0.1, 0.15) is 0 Å². The van der Waals surface area contributed by atoms with Crippen LogP contribution in [0.4, 0.5) is 0 Å². The van der Waals surface area contributed by atoms with E-state index in [1.165, 1.54) is 289 Å². The molecule has 0 rings (SSSR count). The third kappa shape index (κ3) is 61.2. The zero-order chi connectivity index (χ0) is 54.3. The van der Waals surface area contributed by atoms with Gasteiger partial charge in [-0.3, -0.25) is 9.59 Å². The SMILES string of the molecule is CCCCC/C=C\C/C=C\CCCCCCCC(=O)OCCCCCCCCCCCCCCCCCCCCCCCCCCCCC(=O)NC(CO)C(O)/C=C/CCCCCCCCCCCCCCCCC. The Morgan fingerprint density at radius 3 is 1.04 bits per heavy atom. The van der Waals surface area contributed by atoms with E-state index in [1.54, 1.807) is 6.08 Å². The number of carbonyl (C=O) groups is 2. The van der Waals surface area contributed by atoms with Crippen LogP contribution in [-0.2, 0) is 14.3 Å². The van der Waals surface area contributed by atoms with E-state index >= 15 is 0 Å². The predicted molar refractivity (Wildman–Crippen MR) is 329 cm³/mol. The maximum atomic E-state index is 12.5. The third-order valence-electron chi connectivity index (χ3n) is 15.7. The molecule has 0 aromatic carbocycles. The molecule has 0 fully saturated rings. The van der Waals surface area contributed by atoms with Gasteiger partial charge in [0.2, 0.25) is 5.91 Å². The number of aliphatic hydroxyl groups excluding tert-OH is 2. The van der Waals surface area contributed by atoms with Gasteiger partial charge < -0.3 is 20.3 Å². The van der Waals surface area contributed by atoms with Crippen LogP contribution in [0.1, 0.15) is 367 Å². The fourth-order valence-electron chi connectivity index (χ4n) is 10.5. The van der Waals surface area contributed by atoms with Crippen LogP contribution in [-0.4, -0.2) is 47.4 Å². The molecule has 0 aliphatic rings. The second-order valence-electron chi connectivity index (χ2n) is 23.2. The molecule has 0 aromatic heterocycles. The highest BCUT2D eigenvalue weighted by Crippen LogP contribution is 2.18. The first-order chi connectivity index (χ1) is 37.0. The summed E-state index contributed by atoms with van der Waals surface area (Å²) in [6.45, 7) is 4.90. The molecule has 0 saturated carbocycles. The van der Waals surface area contributed by atoms with Gasteiger partial charge in [0.05, 0.1) is 25.4 Å². The van der Waals surface area contributed by atoms with E-state index in [2.05, 4.69) is 43.5 Å². The third-order valence-corrected chi connectivity index (χ3v) is 15.7. The molecule has 0 radical (unpaired) electrons. The highest BCUT2D eigenvalue weighted by atomic mass is 16.5. The summed E-state index contributed by atoms with van der Waals surface area (Å²) in [6.07, 6.45) is 82.1. The van der Waals surface area contributed by atoms with Crippen molar-refractivity contribution in [3.05, 3.63) is 36.5 Å². The zero-order valence-corrected chi connectivity index (χ0v) is 50.5. The van der Waals surface area contributed by atoms with Crippen molar-refractivity contribution in [3.8, 4) is 0 Å². The maximum absolute atomic E-state index is 12.5. The van der Waals surface area contributed by atoms with Gasteiger partial charge in [-0.05, 0) is 64.2 Å². The fourth-order valence-corrected chi connectivity index (χ4v) is 10.5. The van der Waals surface area contributed by atoms with E-state index in [4.69, 9.17) is 4.74 Å². The van der Waals surface area contributed by atoms with Crippen molar-refractivity contribution in [2.24, 2.45) is 0 Å². The van der Waals surface area contributed by atoms with Gasteiger partial charge in [0.15, 0.2) is 0 Å². The summed E-state index contributed by atoms with van der Waals surface area (Å²) in [5.74, 6) is -0.0603. The number of hydrogen-bond acceptors (Lipinski definition) is 5. The van der Waals surface area contributed by atoms with Gasteiger partial charge >= 0.3 is 5.97 Å². The van der Waals surface area contributed by atoms with Crippen molar-refractivity contribution in [2.75, 3.05) is 13.2 Å². The van der Waals surface area contributed by atoms with Crippen molar-refractivity contribution >= 4 is 11.9 Å². The van der Waals surface area contributed by atoms with Crippen LogP contribution in [0.2, 0.25) is 0 Å². The lowest BCUT2D eigenvalue weighted by molar-refractivity contribution is -0.143. The largest absolute Gasteiger partial charge is 0.466 e. The minimum Gasteiger partial charge on any atom is -0.466 e. The first kappa shape index (κ1) is 73.1. The molecule has 1 amide bonds. The number of carbonyl (C=O) groups excluding carboxylic acids is 2. The zero-order valence-electron chi connectivity index (χ0n) is 50.5. The molecule has 75 heavy (non-hydrogen) atoms. The Morgan fingerprint density at radius 1 is 0.373 bits per heavy atom. The van der Waals surface area contributed by atoms with Crippen molar-refractivity contribution in [1.82, 2.24) is 5.32 Å². The number of ether oxygens (including phenoxy) is 1. The number of esters is 1. The molecule has 2 atom stereocenters. The van der Waals surface area contributed by atoms with Crippen LogP contribution in [0.3, 0.4) is 0 Å². The Labute approximate surface area is 468 Å². The van der Waals surface area contributed by atoms with E-state index in [0.717, 1.165) is 51.4 Å². The number of allylic oxidation sites excluding steroid dienone is 5. The molecular formula is C69H131NO5. The molecule has 0 spiro atoms. The molecule has 0 heterocycles. The second kappa shape index (κ2) is 64.6. The minimum absolute atomic E-state index is 0.00308. The number of hydrogen-bond donors (Lipinski definition) is 3. The van der Waals surface area contributed by atoms with Crippen molar-refractivity contribution in [1.29, 1.82) is 0 Å². The summed E-state index contributed by atoms with van der Waals surface area (Å²) < 4.78 is 5.48. The van der Waals surface area contributed by atoms with Crippen LogP contribution in [0.15, 0.2) is 36.5 Å². The number of rotatable bonds is 63. The molecule has 0 aliphatic heterocycles. The van der Waals surface area contributed by atoms with Crippen LogP contribution in [0.25, 0.3) is 0 Å². The summed E-state index contributed by atoms with van der Waals surface area (Å²) >= 11 is 0. The predicted octanol–water partition coefficient (Wildman–Crippen LogP) is 21.5. The Balaban J connectivity index is 3.38. The molecule has 2 unspecified atom stereocenters. The number of aliphatic hydroxyl groups is 2. The molecular weight excluding hydrogens is 923 g/mol. The average molecular weight is 1050 g/mol. The van der Waals surface area contributed by atoms with Crippen molar-refractivity contribution < 1.29 is 24.5 Å². The number of nitrogens with one attached hydrogen (secondary N) is 1.